The second-order valence-corrected chi connectivity index (χ2v) is 5.62. The van der Waals surface area contributed by atoms with Crippen LogP contribution in [0.5, 0.6) is 5.75 Å². The average molecular weight is 340 g/mol. The van der Waals surface area contributed by atoms with E-state index in [1.807, 2.05) is 0 Å². The molecule has 0 aromatic heterocycles. The van der Waals surface area contributed by atoms with Crippen molar-refractivity contribution in [2.75, 3.05) is 13.7 Å². The van der Waals surface area contributed by atoms with Crippen LogP contribution in [0.1, 0.15) is 13.8 Å². The summed E-state index contributed by atoms with van der Waals surface area (Å²) >= 11 is 8.92. The van der Waals surface area contributed by atoms with Crippen molar-refractivity contribution in [2.24, 2.45) is 5.41 Å². The summed E-state index contributed by atoms with van der Waals surface area (Å²) in [6, 6.07) is 2.57. The molecule has 0 radical (unpaired) electrons. The van der Waals surface area contributed by atoms with Crippen molar-refractivity contribution in [3.63, 3.8) is 0 Å². The van der Waals surface area contributed by atoms with Gasteiger partial charge in [-0.15, -0.1) is 0 Å². The molecule has 0 N–H and O–H groups in total. The number of rotatable bonds is 4. The van der Waals surface area contributed by atoms with Crippen LogP contribution >= 0.6 is 27.5 Å². The molecule has 0 aliphatic carbocycles. The number of ether oxygens (including phenoxy) is 2. The number of halogens is 3. The Morgan fingerprint density at radius 3 is 2.67 bits per heavy atom. The molecule has 18 heavy (non-hydrogen) atoms. The Hall–Kier alpha value is -0.810. The van der Waals surface area contributed by atoms with Crippen molar-refractivity contribution in [2.45, 2.75) is 13.8 Å². The van der Waals surface area contributed by atoms with Gasteiger partial charge < -0.3 is 9.47 Å². The molecule has 1 aromatic rings. The molecule has 0 fully saturated rings. The number of hydrogen-bond donors (Lipinski definition) is 0. The first-order valence-electron chi connectivity index (χ1n) is 5.13. The standard InChI is InChI=1S/C12H13BrClFO3/c1-12(2,11(16)17-3)6-18-10-5-9(15)7(13)4-8(10)14/h4-5H,6H2,1-3H3. The molecule has 3 nitrogen and oxygen atoms in total. The third-order valence-corrected chi connectivity index (χ3v) is 3.20. The molecule has 0 atom stereocenters. The summed E-state index contributed by atoms with van der Waals surface area (Å²) in [7, 11) is 1.30. The highest BCUT2D eigenvalue weighted by atomic mass is 79.9. The van der Waals surface area contributed by atoms with Crippen LogP contribution in [0.2, 0.25) is 5.02 Å². The van der Waals surface area contributed by atoms with Gasteiger partial charge in [0.1, 0.15) is 18.2 Å². The van der Waals surface area contributed by atoms with E-state index in [-0.39, 0.29) is 21.9 Å². The Morgan fingerprint density at radius 1 is 1.50 bits per heavy atom. The molecule has 0 aliphatic rings. The summed E-state index contributed by atoms with van der Waals surface area (Å²) in [4.78, 5) is 11.4. The van der Waals surface area contributed by atoms with Gasteiger partial charge in [0, 0.05) is 6.07 Å². The fraction of sp³-hybridized carbons (Fsp3) is 0.417. The highest BCUT2D eigenvalue weighted by Crippen LogP contribution is 2.31. The smallest absolute Gasteiger partial charge is 0.314 e. The zero-order chi connectivity index (χ0) is 13.9. The largest absolute Gasteiger partial charge is 0.491 e. The van der Waals surface area contributed by atoms with Crippen molar-refractivity contribution in [3.05, 3.63) is 27.4 Å². The first-order valence-corrected chi connectivity index (χ1v) is 6.31. The minimum Gasteiger partial charge on any atom is -0.491 e. The molecule has 0 unspecified atom stereocenters. The molecule has 1 aromatic carbocycles. The lowest BCUT2D eigenvalue weighted by Crippen LogP contribution is -2.32. The van der Waals surface area contributed by atoms with Crippen molar-refractivity contribution in [3.8, 4) is 5.75 Å². The van der Waals surface area contributed by atoms with Crippen LogP contribution < -0.4 is 4.74 Å². The second kappa shape index (κ2) is 5.89. The molecule has 100 valence electrons. The molecule has 0 spiro atoms. The van der Waals surface area contributed by atoms with Crippen LogP contribution in [0.25, 0.3) is 0 Å². The summed E-state index contributed by atoms with van der Waals surface area (Å²) < 4.78 is 23.6. The van der Waals surface area contributed by atoms with Crippen molar-refractivity contribution >= 4 is 33.5 Å². The fourth-order valence-corrected chi connectivity index (χ4v) is 1.90. The number of esters is 1. The highest BCUT2D eigenvalue weighted by Gasteiger charge is 2.30. The van der Waals surface area contributed by atoms with E-state index in [1.165, 1.54) is 19.2 Å². The molecule has 0 bridgehead atoms. The zero-order valence-corrected chi connectivity index (χ0v) is 12.6. The van der Waals surface area contributed by atoms with E-state index in [1.54, 1.807) is 13.8 Å². The van der Waals surface area contributed by atoms with Crippen molar-refractivity contribution < 1.29 is 18.7 Å². The lowest BCUT2D eigenvalue weighted by atomic mass is 9.95. The van der Waals surface area contributed by atoms with E-state index in [2.05, 4.69) is 20.7 Å². The maximum atomic E-state index is 13.3. The number of carbonyl (C=O) groups is 1. The number of hydrogen-bond acceptors (Lipinski definition) is 3. The maximum absolute atomic E-state index is 13.3. The third-order valence-electron chi connectivity index (χ3n) is 2.30. The summed E-state index contributed by atoms with van der Waals surface area (Å²) in [6.07, 6.45) is 0. The predicted octanol–water partition coefficient (Wildman–Crippen LogP) is 3.82. The SMILES string of the molecule is COC(=O)C(C)(C)COc1cc(F)c(Br)cc1Cl. The van der Waals surface area contributed by atoms with Crippen molar-refractivity contribution in [1.29, 1.82) is 0 Å². The summed E-state index contributed by atoms with van der Waals surface area (Å²) in [5.41, 5.74) is -0.832. The predicted molar refractivity (Wildman–Crippen MR) is 70.4 cm³/mol. The molecular formula is C12H13BrClFO3. The zero-order valence-electron chi connectivity index (χ0n) is 10.2. The number of methoxy groups -OCH3 is 1. The molecule has 0 saturated heterocycles. The van der Waals surface area contributed by atoms with Gasteiger partial charge in [0.15, 0.2) is 0 Å². The van der Waals surface area contributed by atoms with Crippen LogP contribution in [0, 0.1) is 11.2 Å². The highest BCUT2D eigenvalue weighted by molar-refractivity contribution is 9.10. The lowest BCUT2D eigenvalue weighted by Gasteiger charge is -2.22. The average Bonchev–Trinajstić information content (AvgIpc) is 2.31. The van der Waals surface area contributed by atoms with E-state index in [0.29, 0.717) is 0 Å². The first-order chi connectivity index (χ1) is 8.27. The van der Waals surface area contributed by atoms with E-state index < -0.39 is 17.2 Å². The third kappa shape index (κ3) is 3.59. The van der Waals surface area contributed by atoms with E-state index in [0.717, 1.165) is 0 Å². The van der Waals surface area contributed by atoms with Crippen LogP contribution in [-0.4, -0.2) is 19.7 Å². The maximum Gasteiger partial charge on any atom is 0.314 e. The molecular weight excluding hydrogens is 326 g/mol. The molecule has 0 amide bonds. The Morgan fingerprint density at radius 2 is 2.11 bits per heavy atom. The van der Waals surface area contributed by atoms with Crippen LogP contribution in [0.15, 0.2) is 16.6 Å². The lowest BCUT2D eigenvalue weighted by molar-refractivity contribution is -0.152. The monoisotopic (exact) mass is 338 g/mol. The van der Waals surface area contributed by atoms with Crippen LogP contribution in [-0.2, 0) is 9.53 Å². The van der Waals surface area contributed by atoms with Gasteiger partial charge in [-0.2, -0.15) is 0 Å². The molecule has 0 saturated carbocycles. The van der Waals surface area contributed by atoms with Gasteiger partial charge >= 0.3 is 5.97 Å². The van der Waals surface area contributed by atoms with Gasteiger partial charge in [0.2, 0.25) is 0 Å². The van der Waals surface area contributed by atoms with Crippen LogP contribution in [0.3, 0.4) is 0 Å². The van der Waals surface area contributed by atoms with Gasteiger partial charge in [-0.05, 0) is 35.8 Å². The van der Waals surface area contributed by atoms with E-state index in [4.69, 9.17) is 16.3 Å². The van der Waals surface area contributed by atoms with E-state index in [9.17, 15) is 9.18 Å². The normalized spacial score (nSPS) is 11.2. The molecule has 6 heteroatoms. The summed E-state index contributed by atoms with van der Waals surface area (Å²) in [5.74, 6) is -0.698. The first kappa shape index (κ1) is 15.2. The Balaban J connectivity index is 2.81. The van der Waals surface area contributed by atoms with Gasteiger partial charge in [-0.3, -0.25) is 4.79 Å². The topological polar surface area (TPSA) is 35.5 Å². The molecule has 0 heterocycles. The van der Waals surface area contributed by atoms with Crippen LogP contribution in [0.4, 0.5) is 4.39 Å². The van der Waals surface area contributed by atoms with E-state index >= 15 is 0 Å². The number of carbonyl (C=O) groups excluding carboxylic acids is 1. The molecule has 0 aliphatic heterocycles. The Labute approximate surface area is 118 Å². The second-order valence-electron chi connectivity index (χ2n) is 4.36. The fourth-order valence-electron chi connectivity index (χ4n) is 1.21. The van der Waals surface area contributed by atoms with Gasteiger partial charge in [-0.1, -0.05) is 11.6 Å². The minimum absolute atomic E-state index is 0.0421. The van der Waals surface area contributed by atoms with Gasteiger partial charge in [0.25, 0.3) is 0 Å². The minimum atomic E-state index is -0.832. The molecule has 1 rings (SSSR count). The number of benzene rings is 1. The van der Waals surface area contributed by atoms with Gasteiger partial charge in [0.05, 0.1) is 22.0 Å². The Kier molecular flexibility index (Phi) is 4.99. The summed E-state index contributed by atoms with van der Waals surface area (Å²) in [5, 5.41) is 0.268. The summed E-state index contributed by atoms with van der Waals surface area (Å²) in [6.45, 7) is 3.38. The van der Waals surface area contributed by atoms with Crippen molar-refractivity contribution in [1.82, 2.24) is 0 Å². The van der Waals surface area contributed by atoms with Gasteiger partial charge in [-0.25, -0.2) is 4.39 Å². The quantitative estimate of drug-likeness (QED) is 0.618. The Bertz CT molecular complexity index is 463.